The predicted molar refractivity (Wildman–Crippen MR) is 115 cm³/mol. The molecule has 2 N–H and O–H groups in total. The summed E-state index contributed by atoms with van der Waals surface area (Å²) < 4.78 is 28.1. The van der Waals surface area contributed by atoms with Crippen LogP contribution in [0.4, 0.5) is 11.4 Å². The number of hydrogen-bond acceptors (Lipinski definition) is 4. The van der Waals surface area contributed by atoms with Crippen molar-refractivity contribution < 1.29 is 18.0 Å². The van der Waals surface area contributed by atoms with E-state index in [0.717, 1.165) is 25.9 Å². The van der Waals surface area contributed by atoms with Crippen LogP contribution in [0.2, 0.25) is 5.02 Å². The van der Waals surface area contributed by atoms with Crippen LogP contribution in [-0.2, 0) is 21.2 Å². The molecule has 2 aliphatic heterocycles. The van der Waals surface area contributed by atoms with E-state index in [1.54, 1.807) is 24.3 Å². The number of carbonyl (C=O) groups is 2. The molecule has 30 heavy (non-hydrogen) atoms. The Kier molecular flexibility index (Phi) is 5.46. The van der Waals surface area contributed by atoms with E-state index in [9.17, 15) is 18.0 Å². The zero-order chi connectivity index (χ0) is 21.5. The monoisotopic (exact) mass is 447 g/mol. The van der Waals surface area contributed by atoms with Crippen molar-refractivity contribution in [3.8, 4) is 0 Å². The Bertz CT molecular complexity index is 1110. The third kappa shape index (κ3) is 4.15. The smallest absolute Gasteiger partial charge is 0.263 e. The van der Waals surface area contributed by atoms with Gasteiger partial charge in [0.15, 0.2) is 0 Å². The summed E-state index contributed by atoms with van der Waals surface area (Å²) in [5.41, 5.74) is 1.96. The van der Waals surface area contributed by atoms with Crippen LogP contribution in [0.1, 0.15) is 35.7 Å². The van der Waals surface area contributed by atoms with Crippen LogP contribution in [0.5, 0.6) is 0 Å². The van der Waals surface area contributed by atoms with Crippen LogP contribution in [0.25, 0.3) is 0 Å². The summed E-state index contributed by atoms with van der Waals surface area (Å²) in [5, 5.41) is 2.66. The largest absolute Gasteiger partial charge is 0.339 e. The van der Waals surface area contributed by atoms with Gasteiger partial charge in [0.25, 0.3) is 15.9 Å². The summed E-state index contributed by atoms with van der Waals surface area (Å²) in [7, 11) is -3.96. The fourth-order valence-electron chi connectivity index (χ4n) is 3.72. The predicted octanol–water partition coefficient (Wildman–Crippen LogP) is 3.51. The molecule has 0 aromatic heterocycles. The number of nitrogens with zero attached hydrogens (tertiary/aromatic N) is 1. The summed E-state index contributed by atoms with van der Waals surface area (Å²) in [5.74, 6) is 0.382. The highest BCUT2D eigenvalue weighted by molar-refractivity contribution is 7.92. The molecule has 2 aromatic rings. The molecule has 0 aliphatic carbocycles. The first kappa shape index (κ1) is 20.7. The number of fused-ring (bicyclic) bond motifs is 1. The van der Waals surface area contributed by atoms with E-state index in [1.165, 1.54) is 12.1 Å². The van der Waals surface area contributed by atoms with Gasteiger partial charge in [0, 0.05) is 30.0 Å². The Labute approximate surface area is 180 Å². The Morgan fingerprint density at radius 1 is 1.17 bits per heavy atom. The van der Waals surface area contributed by atoms with E-state index < -0.39 is 10.0 Å². The van der Waals surface area contributed by atoms with Crippen molar-refractivity contribution in [2.45, 2.75) is 31.1 Å². The van der Waals surface area contributed by atoms with Crippen LogP contribution in [-0.4, -0.2) is 38.2 Å². The molecule has 0 unspecified atom stereocenters. The normalized spacial score (nSPS) is 16.9. The minimum absolute atomic E-state index is 0.0228. The van der Waals surface area contributed by atoms with Crippen molar-refractivity contribution in [1.82, 2.24) is 4.90 Å². The van der Waals surface area contributed by atoms with Gasteiger partial charge < -0.3 is 10.2 Å². The van der Waals surface area contributed by atoms with Crippen LogP contribution in [0.15, 0.2) is 41.3 Å². The standard InChI is InChI=1S/C21H22ClN3O4S/c1-13-6-8-25(9-7-13)21(27)14-2-4-16(5-3-14)24-30(28,29)19-10-15-11-20(26)23-18(15)12-17(19)22/h2-5,10,12-13,24H,6-9,11H2,1H3,(H,23,26). The molecule has 2 aliphatic rings. The van der Waals surface area contributed by atoms with Gasteiger partial charge in [-0.25, -0.2) is 8.42 Å². The number of sulfonamides is 1. The van der Waals surface area contributed by atoms with Gasteiger partial charge in [0.05, 0.1) is 11.4 Å². The lowest BCUT2D eigenvalue weighted by Crippen LogP contribution is -2.37. The van der Waals surface area contributed by atoms with Gasteiger partial charge in [-0.15, -0.1) is 0 Å². The maximum Gasteiger partial charge on any atom is 0.263 e. The number of benzene rings is 2. The molecule has 7 nitrogen and oxygen atoms in total. The second-order valence-electron chi connectivity index (χ2n) is 7.82. The van der Waals surface area contributed by atoms with Gasteiger partial charge >= 0.3 is 0 Å². The van der Waals surface area contributed by atoms with Crippen LogP contribution in [0, 0.1) is 5.92 Å². The van der Waals surface area contributed by atoms with Crippen molar-refractivity contribution in [2.75, 3.05) is 23.1 Å². The van der Waals surface area contributed by atoms with E-state index >= 15 is 0 Å². The number of halogens is 1. The van der Waals surface area contributed by atoms with E-state index in [2.05, 4.69) is 17.0 Å². The fraction of sp³-hybridized carbons (Fsp3) is 0.333. The summed E-state index contributed by atoms with van der Waals surface area (Å²) in [6.07, 6.45) is 2.10. The number of piperidine rings is 1. The molecule has 2 aromatic carbocycles. The van der Waals surface area contributed by atoms with E-state index in [1.807, 2.05) is 4.90 Å². The Hall–Kier alpha value is -2.58. The number of anilines is 2. The SMILES string of the molecule is CC1CCN(C(=O)c2ccc(NS(=O)(=O)c3cc4c(cc3Cl)NC(=O)C4)cc2)CC1. The zero-order valence-corrected chi connectivity index (χ0v) is 18.0. The topological polar surface area (TPSA) is 95.6 Å². The maximum atomic E-state index is 12.8. The van der Waals surface area contributed by atoms with E-state index in [0.29, 0.717) is 28.4 Å². The third-order valence-electron chi connectivity index (χ3n) is 5.53. The quantitative estimate of drug-likeness (QED) is 0.749. The second kappa shape index (κ2) is 7.92. The second-order valence-corrected chi connectivity index (χ2v) is 9.88. The van der Waals surface area contributed by atoms with Crippen molar-refractivity contribution in [1.29, 1.82) is 0 Å². The molecule has 0 saturated carbocycles. The van der Waals surface area contributed by atoms with Gasteiger partial charge in [-0.3, -0.25) is 14.3 Å². The van der Waals surface area contributed by atoms with Gasteiger partial charge in [0.1, 0.15) is 4.90 Å². The molecule has 4 rings (SSSR count). The highest BCUT2D eigenvalue weighted by Crippen LogP contribution is 2.33. The number of hydrogen-bond donors (Lipinski definition) is 2. The molecular formula is C21H22ClN3O4S. The Morgan fingerprint density at radius 3 is 2.50 bits per heavy atom. The molecule has 2 heterocycles. The molecular weight excluding hydrogens is 426 g/mol. The average molecular weight is 448 g/mol. The first-order valence-electron chi connectivity index (χ1n) is 9.77. The van der Waals surface area contributed by atoms with Crippen molar-refractivity contribution in [3.63, 3.8) is 0 Å². The van der Waals surface area contributed by atoms with Crippen LogP contribution < -0.4 is 10.0 Å². The van der Waals surface area contributed by atoms with Crippen LogP contribution >= 0.6 is 11.6 Å². The lowest BCUT2D eigenvalue weighted by Gasteiger charge is -2.30. The summed E-state index contributed by atoms with van der Waals surface area (Å²) in [4.78, 5) is 25.9. The summed E-state index contributed by atoms with van der Waals surface area (Å²) in [6.45, 7) is 3.66. The van der Waals surface area contributed by atoms with Gasteiger partial charge in [-0.1, -0.05) is 18.5 Å². The summed E-state index contributed by atoms with van der Waals surface area (Å²) >= 11 is 6.15. The lowest BCUT2D eigenvalue weighted by atomic mass is 9.98. The van der Waals surface area contributed by atoms with Crippen molar-refractivity contribution in [2.24, 2.45) is 5.92 Å². The molecule has 0 spiro atoms. The molecule has 1 fully saturated rings. The molecule has 0 radical (unpaired) electrons. The van der Waals surface area contributed by atoms with Gasteiger partial charge in [0.2, 0.25) is 5.91 Å². The van der Waals surface area contributed by atoms with Gasteiger partial charge in [-0.05, 0) is 60.7 Å². The number of carbonyl (C=O) groups excluding carboxylic acids is 2. The van der Waals surface area contributed by atoms with Crippen LogP contribution in [0.3, 0.4) is 0 Å². The number of rotatable bonds is 4. The zero-order valence-electron chi connectivity index (χ0n) is 16.4. The first-order chi connectivity index (χ1) is 14.2. The number of nitrogens with one attached hydrogen (secondary N) is 2. The van der Waals surface area contributed by atoms with Crippen molar-refractivity contribution >= 4 is 44.8 Å². The molecule has 1 saturated heterocycles. The average Bonchev–Trinajstić information content (AvgIpc) is 3.06. The summed E-state index contributed by atoms with van der Waals surface area (Å²) in [6, 6.07) is 9.20. The van der Waals surface area contributed by atoms with Gasteiger partial charge in [-0.2, -0.15) is 0 Å². The fourth-order valence-corrected chi connectivity index (χ4v) is 5.35. The molecule has 158 valence electrons. The molecule has 9 heteroatoms. The van der Waals surface area contributed by atoms with Crippen molar-refractivity contribution in [3.05, 3.63) is 52.5 Å². The Balaban J connectivity index is 1.50. The Morgan fingerprint density at radius 2 is 1.83 bits per heavy atom. The highest BCUT2D eigenvalue weighted by atomic mass is 35.5. The number of likely N-dealkylation sites (tertiary alicyclic amines) is 1. The molecule has 2 amide bonds. The third-order valence-corrected chi connectivity index (χ3v) is 7.37. The lowest BCUT2D eigenvalue weighted by molar-refractivity contribution is -0.115. The van der Waals surface area contributed by atoms with E-state index in [-0.39, 0.29) is 28.2 Å². The minimum Gasteiger partial charge on any atom is -0.339 e. The minimum atomic E-state index is -3.96. The highest BCUT2D eigenvalue weighted by Gasteiger charge is 2.26. The maximum absolute atomic E-state index is 12.8. The molecule has 0 bridgehead atoms. The molecule has 0 atom stereocenters. The number of amides is 2. The first-order valence-corrected chi connectivity index (χ1v) is 11.6. The van der Waals surface area contributed by atoms with E-state index in [4.69, 9.17) is 11.6 Å².